The summed E-state index contributed by atoms with van der Waals surface area (Å²) in [6.07, 6.45) is 0.147. The highest BCUT2D eigenvalue weighted by Crippen LogP contribution is 2.22. The molecule has 0 spiro atoms. The molecule has 0 unspecified atom stereocenters. The second kappa shape index (κ2) is 7.04. The predicted molar refractivity (Wildman–Crippen MR) is 82.3 cm³/mol. The number of carbonyl (C=O) groups is 2. The lowest BCUT2D eigenvalue weighted by Gasteiger charge is -2.16. The quantitative estimate of drug-likeness (QED) is 0.862. The number of thiophene rings is 1. The van der Waals surface area contributed by atoms with Crippen LogP contribution in [0.3, 0.4) is 0 Å². The van der Waals surface area contributed by atoms with Crippen molar-refractivity contribution in [3.05, 3.63) is 57.8 Å². The topological polar surface area (TPSA) is 66.4 Å². The smallest absolute Gasteiger partial charge is 0.305 e. The molecule has 1 heterocycles. The van der Waals surface area contributed by atoms with Crippen molar-refractivity contribution in [2.45, 2.75) is 25.8 Å². The molecule has 21 heavy (non-hydrogen) atoms. The Morgan fingerprint density at radius 3 is 2.62 bits per heavy atom. The molecule has 110 valence electrons. The van der Waals surface area contributed by atoms with Crippen LogP contribution in [0, 0.1) is 6.92 Å². The lowest BCUT2D eigenvalue weighted by atomic mass is 10.0. The van der Waals surface area contributed by atoms with Crippen LogP contribution in [0.25, 0.3) is 0 Å². The lowest BCUT2D eigenvalue weighted by molar-refractivity contribution is -0.137. The van der Waals surface area contributed by atoms with Gasteiger partial charge in [-0.3, -0.25) is 9.59 Å². The van der Waals surface area contributed by atoms with Crippen LogP contribution in [0.5, 0.6) is 0 Å². The molecule has 0 aliphatic rings. The molecule has 1 amide bonds. The number of benzene rings is 1. The maximum absolute atomic E-state index is 12.2. The van der Waals surface area contributed by atoms with Crippen LogP contribution in [-0.4, -0.2) is 17.0 Å². The largest absolute Gasteiger partial charge is 0.481 e. The number of hydrogen-bond donors (Lipinski definition) is 2. The second-order valence-electron chi connectivity index (χ2n) is 4.84. The minimum Gasteiger partial charge on any atom is -0.481 e. The third-order valence-electron chi connectivity index (χ3n) is 3.21. The van der Waals surface area contributed by atoms with Gasteiger partial charge in [-0.2, -0.15) is 0 Å². The van der Waals surface area contributed by atoms with Crippen molar-refractivity contribution in [1.82, 2.24) is 5.32 Å². The van der Waals surface area contributed by atoms with Crippen molar-refractivity contribution in [2.24, 2.45) is 0 Å². The monoisotopic (exact) mass is 303 g/mol. The maximum Gasteiger partial charge on any atom is 0.305 e. The van der Waals surface area contributed by atoms with Gasteiger partial charge < -0.3 is 10.4 Å². The Labute approximate surface area is 127 Å². The molecule has 5 heteroatoms. The molecule has 1 aromatic carbocycles. The first-order chi connectivity index (χ1) is 10.1. The zero-order valence-electron chi connectivity index (χ0n) is 11.7. The zero-order chi connectivity index (χ0) is 15.2. The van der Waals surface area contributed by atoms with E-state index in [-0.39, 0.29) is 18.7 Å². The summed E-state index contributed by atoms with van der Waals surface area (Å²) in [6.45, 7) is 1.95. The van der Waals surface area contributed by atoms with Crippen molar-refractivity contribution in [2.75, 3.05) is 0 Å². The maximum atomic E-state index is 12.2. The minimum absolute atomic E-state index is 0.111. The summed E-state index contributed by atoms with van der Waals surface area (Å²) in [5.74, 6) is -1.09. The van der Waals surface area contributed by atoms with Crippen LogP contribution < -0.4 is 5.32 Å². The minimum atomic E-state index is -0.926. The Morgan fingerprint density at radius 1 is 1.24 bits per heavy atom. The number of aryl methyl sites for hydroxylation is 1. The summed E-state index contributed by atoms with van der Waals surface area (Å²) in [7, 11) is 0. The Bertz CT molecular complexity index is 622. The molecular formula is C16H17NO3S. The van der Waals surface area contributed by atoms with Crippen molar-refractivity contribution < 1.29 is 14.7 Å². The van der Waals surface area contributed by atoms with E-state index in [1.165, 1.54) is 11.3 Å². The van der Waals surface area contributed by atoms with E-state index in [0.717, 1.165) is 16.0 Å². The summed E-state index contributed by atoms with van der Waals surface area (Å²) < 4.78 is 0. The SMILES string of the molecule is Cc1ccccc1CC(=O)N[C@@H](CC(=O)O)c1cccs1. The third kappa shape index (κ3) is 4.43. The van der Waals surface area contributed by atoms with Gasteiger partial charge in [0.05, 0.1) is 18.9 Å². The van der Waals surface area contributed by atoms with Crippen LogP contribution in [0.2, 0.25) is 0 Å². The number of amides is 1. The standard InChI is InChI=1S/C16H17NO3S/c1-11-5-2-3-6-12(11)9-15(18)17-13(10-16(19)20)14-7-4-8-21-14/h2-8,13H,9-10H2,1H3,(H,17,18)(H,19,20)/t13-/m0/s1. The van der Waals surface area contributed by atoms with E-state index in [0.29, 0.717) is 0 Å². The van der Waals surface area contributed by atoms with Crippen LogP contribution in [0.15, 0.2) is 41.8 Å². The van der Waals surface area contributed by atoms with Crippen molar-refractivity contribution in [3.63, 3.8) is 0 Å². The van der Waals surface area contributed by atoms with E-state index < -0.39 is 12.0 Å². The number of rotatable bonds is 6. The van der Waals surface area contributed by atoms with Gasteiger partial charge in [0.2, 0.25) is 5.91 Å². The Balaban J connectivity index is 2.05. The molecule has 1 atom stereocenters. The van der Waals surface area contributed by atoms with Crippen LogP contribution in [0.1, 0.15) is 28.5 Å². The molecule has 2 rings (SSSR count). The molecule has 2 aromatic rings. The second-order valence-corrected chi connectivity index (χ2v) is 5.82. The number of carboxylic acid groups (broad SMARTS) is 1. The van der Waals surface area contributed by atoms with E-state index >= 15 is 0 Å². The highest BCUT2D eigenvalue weighted by atomic mass is 32.1. The summed E-state index contributed by atoms with van der Waals surface area (Å²) in [5, 5.41) is 13.7. The number of aliphatic carboxylic acids is 1. The first-order valence-corrected chi connectivity index (χ1v) is 7.53. The average Bonchev–Trinajstić information content (AvgIpc) is 2.94. The van der Waals surface area contributed by atoms with E-state index in [4.69, 9.17) is 5.11 Å². The Hall–Kier alpha value is -2.14. The van der Waals surface area contributed by atoms with Gasteiger partial charge in [0.1, 0.15) is 0 Å². The van der Waals surface area contributed by atoms with Gasteiger partial charge in [-0.15, -0.1) is 11.3 Å². The molecule has 4 nitrogen and oxygen atoms in total. The normalized spacial score (nSPS) is 11.9. The van der Waals surface area contributed by atoms with Gasteiger partial charge in [-0.05, 0) is 29.5 Å². The molecule has 0 aliphatic heterocycles. The van der Waals surface area contributed by atoms with Gasteiger partial charge in [-0.1, -0.05) is 30.3 Å². The van der Waals surface area contributed by atoms with Crippen molar-refractivity contribution in [1.29, 1.82) is 0 Å². The highest BCUT2D eigenvalue weighted by molar-refractivity contribution is 7.10. The van der Waals surface area contributed by atoms with Crippen molar-refractivity contribution in [3.8, 4) is 0 Å². The molecular weight excluding hydrogens is 286 g/mol. The zero-order valence-corrected chi connectivity index (χ0v) is 12.5. The first-order valence-electron chi connectivity index (χ1n) is 6.65. The molecule has 0 bridgehead atoms. The van der Waals surface area contributed by atoms with Crippen LogP contribution in [0.4, 0.5) is 0 Å². The molecule has 0 fully saturated rings. The molecule has 0 aliphatic carbocycles. The summed E-state index contributed by atoms with van der Waals surface area (Å²) >= 11 is 1.45. The van der Waals surface area contributed by atoms with E-state index in [9.17, 15) is 9.59 Å². The molecule has 0 saturated carbocycles. The Morgan fingerprint density at radius 2 is 2.00 bits per heavy atom. The number of carbonyl (C=O) groups excluding carboxylic acids is 1. The molecule has 1 aromatic heterocycles. The fourth-order valence-corrected chi connectivity index (χ4v) is 2.89. The van der Waals surface area contributed by atoms with Gasteiger partial charge in [0.15, 0.2) is 0 Å². The fraction of sp³-hybridized carbons (Fsp3) is 0.250. The highest BCUT2D eigenvalue weighted by Gasteiger charge is 2.19. The van der Waals surface area contributed by atoms with Crippen LogP contribution >= 0.6 is 11.3 Å². The van der Waals surface area contributed by atoms with Gasteiger partial charge in [-0.25, -0.2) is 0 Å². The molecule has 2 N–H and O–H groups in total. The van der Waals surface area contributed by atoms with E-state index in [2.05, 4.69) is 5.32 Å². The predicted octanol–water partition coefficient (Wildman–Crippen LogP) is 2.93. The van der Waals surface area contributed by atoms with Gasteiger partial charge in [0.25, 0.3) is 0 Å². The van der Waals surface area contributed by atoms with E-state index in [1.807, 2.05) is 48.7 Å². The lowest BCUT2D eigenvalue weighted by Crippen LogP contribution is -2.31. The van der Waals surface area contributed by atoms with Crippen molar-refractivity contribution >= 4 is 23.2 Å². The van der Waals surface area contributed by atoms with E-state index in [1.54, 1.807) is 0 Å². The summed E-state index contributed by atoms with van der Waals surface area (Å²) in [5.41, 5.74) is 2.01. The van der Waals surface area contributed by atoms with Gasteiger partial charge >= 0.3 is 5.97 Å². The fourth-order valence-electron chi connectivity index (χ4n) is 2.11. The molecule has 0 saturated heterocycles. The molecule has 0 radical (unpaired) electrons. The summed E-state index contributed by atoms with van der Waals surface area (Å²) in [4.78, 5) is 24.0. The van der Waals surface area contributed by atoms with Crippen LogP contribution in [-0.2, 0) is 16.0 Å². The average molecular weight is 303 g/mol. The summed E-state index contributed by atoms with van der Waals surface area (Å²) in [6, 6.07) is 10.9. The number of hydrogen-bond acceptors (Lipinski definition) is 3. The van der Waals surface area contributed by atoms with Gasteiger partial charge in [0, 0.05) is 4.88 Å². The first kappa shape index (κ1) is 15.3. The number of nitrogens with one attached hydrogen (secondary N) is 1. The number of carboxylic acids is 1. The third-order valence-corrected chi connectivity index (χ3v) is 4.20. The Kier molecular flexibility index (Phi) is 5.11.